The molecule has 1 aliphatic rings. The highest BCUT2D eigenvalue weighted by Crippen LogP contribution is 2.34. The van der Waals surface area contributed by atoms with Crippen LogP contribution in [0.5, 0.6) is 0 Å². The predicted octanol–water partition coefficient (Wildman–Crippen LogP) is 2.27. The van der Waals surface area contributed by atoms with E-state index in [1.54, 1.807) is 6.92 Å². The van der Waals surface area contributed by atoms with E-state index in [1.807, 2.05) is 4.90 Å². The first-order chi connectivity index (χ1) is 8.41. The van der Waals surface area contributed by atoms with Gasteiger partial charge in [-0.3, -0.25) is 4.79 Å². The van der Waals surface area contributed by atoms with Crippen LogP contribution in [0, 0.1) is 13.8 Å². The molecule has 0 aromatic heterocycles. The van der Waals surface area contributed by atoms with E-state index in [0.29, 0.717) is 0 Å². The number of carbonyl (C=O) groups is 1. The highest BCUT2D eigenvalue weighted by Gasteiger charge is 2.25. The van der Waals surface area contributed by atoms with Crippen LogP contribution in [0.2, 0.25) is 0 Å². The van der Waals surface area contributed by atoms with E-state index in [2.05, 4.69) is 38.9 Å². The number of fused-ring (bicyclic) bond motifs is 1. The molecule has 98 valence electrons. The highest BCUT2D eigenvalue weighted by molar-refractivity contribution is 5.94. The van der Waals surface area contributed by atoms with E-state index in [1.165, 1.54) is 22.3 Å². The van der Waals surface area contributed by atoms with Crippen molar-refractivity contribution < 1.29 is 4.79 Å². The molecule has 1 aromatic carbocycles. The minimum atomic E-state index is 0.146. The molecule has 1 amide bonds. The van der Waals surface area contributed by atoms with Crippen LogP contribution in [-0.4, -0.2) is 31.4 Å². The zero-order chi connectivity index (χ0) is 13.4. The molecule has 1 heterocycles. The van der Waals surface area contributed by atoms with Gasteiger partial charge in [-0.1, -0.05) is 0 Å². The molecule has 0 unspecified atom stereocenters. The third kappa shape index (κ3) is 2.15. The molecule has 0 saturated heterocycles. The molecule has 0 spiro atoms. The fourth-order valence-electron chi connectivity index (χ4n) is 2.84. The Hall–Kier alpha value is -1.35. The molecule has 2 rings (SSSR count). The number of amides is 1. The summed E-state index contributed by atoms with van der Waals surface area (Å²) in [6, 6.07) is 2.18. The molecule has 1 aromatic rings. The molecule has 0 bridgehead atoms. The van der Waals surface area contributed by atoms with Gasteiger partial charge >= 0.3 is 0 Å². The average molecular weight is 246 g/mol. The summed E-state index contributed by atoms with van der Waals surface area (Å²) in [5.41, 5.74) is 6.53. The highest BCUT2D eigenvalue weighted by atomic mass is 16.2. The fraction of sp³-hybridized carbons (Fsp3) is 0.533. The van der Waals surface area contributed by atoms with E-state index in [0.717, 1.165) is 25.2 Å². The number of rotatable bonds is 2. The van der Waals surface area contributed by atoms with Crippen LogP contribution in [0.25, 0.3) is 0 Å². The van der Waals surface area contributed by atoms with Gasteiger partial charge in [-0.2, -0.15) is 0 Å². The monoisotopic (exact) mass is 246 g/mol. The minimum Gasteiger partial charge on any atom is -0.312 e. The number of nitrogens with zero attached hydrogens (tertiary/aromatic N) is 2. The van der Waals surface area contributed by atoms with E-state index in [-0.39, 0.29) is 5.91 Å². The summed E-state index contributed by atoms with van der Waals surface area (Å²) in [5, 5.41) is 0. The molecule has 3 nitrogen and oxygen atoms in total. The van der Waals surface area contributed by atoms with Crippen LogP contribution in [0.1, 0.15) is 29.2 Å². The van der Waals surface area contributed by atoms with E-state index >= 15 is 0 Å². The Morgan fingerprint density at radius 2 is 2.06 bits per heavy atom. The largest absolute Gasteiger partial charge is 0.312 e. The van der Waals surface area contributed by atoms with Crippen molar-refractivity contribution in [2.45, 2.75) is 33.7 Å². The summed E-state index contributed by atoms with van der Waals surface area (Å²) in [5.74, 6) is 0.146. The summed E-state index contributed by atoms with van der Waals surface area (Å²) < 4.78 is 0. The Balaban J connectivity index is 2.49. The second kappa shape index (κ2) is 4.73. The Labute approximate surface area is 109 Å². The lowest BCUT2D eigenvalue weighted by atomic mass is 9.95. The van der Waals surface area contributed by atoms with Crippen molar-refractivity contribution >= 4 is 11.6 Å². The first-order valence-corrected chi connectivity index (χ1v) is 6.46. The molecule has 0 atom stereocenters. The standard InChI is InChI=1S/C15H22N2O/c1-10-8-15-13(6-7-17(15)12(3)18)11(2)14(10)9-16(4)5/h8H,6-7,9H2,1-5H3. The average Bonchev–Trinajstić information content (AvgIpc) is 2.67. The van der Waals surface area contributed by atoms with Gasteiger partial charge < -0.3 is 9.80 Å². The summed E-state index contributed by atoms with van der Waals surface area (Å²) in [4.78, 5) is 15.7. The van der Waals surface area contributed by atoms with Gasteiger partial charge in [0.25, 0.3) is 0 Å². The lowest BCUT2D eigenvalue weighted by Gasteiger charge is -2.20. The lowest BCUT2D eigenvalue weighted by molar-refractivity contribution is -0.116. The number of hydrogen-bond acceptors (Lipinski definition) is 2. The maximum absolute atomic E-state index is 11.6. The normalized spacial score (nSPS) is 14.2. The smallest absolute Gasteiger partial charge is 0.223 e. The van der Waals surface area contributed by atoms with Gasteiger partial charge in [0.05, 0.1) is 0 Å². The topological polar surface area (TPSA) is 23.6 Å². The Morgan fingerprint density at radius 1 is 1.39 bits per heavy atom. The zero-order valence-electron chi connectivity index (χ0n) is 12.0. The van der Waals surface area contributed by atoms with Crippen molar-refractivity contribution in [2.24, 2.45) is 0 Å². The number of anilines is 1. The first kappa shape index (κ1) is 13.1. The Kier molecular flexibility index (Phi) is 3.44. The number of hydrogen-bond donors (Lipinski definition) is 0. The van der Waals surface area contributed by atoms with Crippen LogP contribution >= 0.6 is 0 Å². The van der Waals surface area contributed by atoms with Gasteiger partial charge in [-0.15, -0.1) is 0 Å². The van der Waals surface area contributed by atoms with Gasteiger partial charge in [0.1, 0.15) is 0 Å². The van der Waals surface area contributed by atoms with Crippen LogP contribution in [0.15, 0.2) is 6.07 Å². The van der Waals surface area contributed by atoms with Crippen LogP contribution in [0.4, 0.5) is 5.69 Å². The Bertz CT molecular complexity index is 492. The van der Waals surface area contributed by atoms with Crippen molar-refractivity contribution in [3.8, 4) is 0 Å². The first-order valence-electron chi connectivity index (χ1n) is 6.46. The second-order valence-corrected chi connectivity index (χ2v) is 5.45. The summed E-state index contributed by atoms with van der Waals surface area (Å²) in [6.07, 6.45) is 0.988. The molecule has 0 fully saturated rings. The summed E-state index contributed by atoms with van der Waals surface area (Å²) in [6.45, 7) is 7.77. The van der Waals surface area contributed by atoms with E-state index < -0.39 is 0 Å². The molecule has 1 aliphatic heterocycles. The van der Waals surface area contributed by atoms with Crippen molar-refractivity contribution in [3.05, 3.63) is 28.3 Å². The zero-order valence-corrected chi connectivity index (χ0v) is 12.0. The maximum atomic E-state index is 11.6. The van der Waals surface area contributed by atoms with Gasteiger partial charge in [0.15, 0.2) is 0 Å². The van der Waals surface area contributed by atoms with E-state index in [4.69, 9.17) is 0 Å². The van der Waals surface area contributed by atoms with Crippen molar-refractivity contribution in [2.75, 3.05) is 25.5 Å². The maximum Gasteiger partial charge on any atom is 0.223 e. The molecular weight excluding hydrogens is 224 g/mol. The summed E-state index contributed by atoms with van der Waals surface area (Å²) >= 11 is 0. The second-order valence-electron chi connectivity index (χ2n) is 5.45. The number of benzene rings is 1. The fourth-order valence-corrected chi connectivity index (χ4v) is 2.84. The molecule has 0 aliphatic carbocycles. The van der Waals surface area contributed by atoms with Crippen LogP contribution < -0.4 is 4.90 Å². The molecule has 0 radical (unpaired) electrons. The predicted molar refractivity (Wildman–Crippen MR) is 75.0 cm³/mol. The summed E-state index contributed by atoms with van der Waals surface area (Å²) in [7, 11) is 4.18. The van der Waals surface area contributed by atoms with Crippen molar-refractivity contribution in [1.29, 1.82) is 0 Å². The van der Waals surface area contributed by atoms with Crippen molar-refractivity contribution in [1.82, 2.24) is 4.90 Å². The molecule has 0 N–H and O–H groups in total. The molecule has 3 heteroatoms. The van der Waals surface area contributed by atoms with Gasteiger partial charge in [0.2, 0.25) is 5.91 Å². The molecule has 18 heavy (non-hydrogen) atoms. The lowest BCUT2D eigenvalue weighted by Crippen LogP contribution is -2.25. The number of aryl methyl sites for hydroxylation is 1. The molecule has 0 saturated carbocycles. The van der Waals surface area contributed by atoms with Gasteiger partial charge in [0, 0.05) is 25.7 Å². The van der Waals surface area contributed by atoms with Gasteiger partial charge in [-0.25, -0.2) is 0 Å². The van der Waals surface area contributed by atoms with Crippen molar-refractivity contribution in [3.63, 3.8) is 0 Å². The quantitative estimate of drug-likeness (QED) is 0.799. The van der Waals surface area contributed by atoms with Crippen LogP contribution in [0.3, 0.4) is 0 Å². The van der Waals surface area contributed by atoms with Gasteiger partial charge in [-0.05, 0) is 62.7 Å². The third-order valence-corrected chi connectivity index (χ3v) is 3.77. The molecular formula is C15H22N2O. The number of carbonyl (C=O) groups excluding carboxylic acids is 1. The Morgan fingerprint density at radius 3 is 2.61 bits per heavy atom. The third-order valence-electron chi connectivity index (χ3n) is 3.77. The SMILES string of the molecule is CC(=O)N1CCc2c1cc(C)c(CN(C)C)c2C. The van der Waals surface area contributed by atoms with Crippen LogP contribution in [-0.2, 0) is 17.8 Å². The minimum absolute atomic E-state index is 0.146. The van der Waals surface area contributed by atoms with E-state index in [9.17, 15) is 4.79 Å².